The summed E-state index contributed by atoms with van der Waals surface area (Å²) in [6, 6.07) is 0.928. The van der Waals surface area contributed by atoms with Gasteiger partial charge in [-0.25, -0.2) is 4.98 Å². The molecule has 108 valence electrons. The summed E-state index contributed by atoms with van der Waals surface area (Å²) in [5.74, 6) is -1.11. The summed E-state index contributed by atoms with van der Waals surface area (Å²) in [5, 5.41) is 9.08. The van der Waals surface area contributed by atoms with E-state index in [2.05, 4.69) is 4.98 Å². The Morgan fingerprint density at radius 1 is 1.40 bits per heavy atom. The molecule has 0 amide bonds. The number of hydrogen-bond acceptors (Lipinski definition) is 3. The number of alkyl halides is 3. The number of halogens is 3. The Labute approximate surface area is 116 Å². The maximum atomic E-state index is 12.8. The van der Waals surface area contributed by atoms with Gasteiger partial charge in [-0.2, -0.15) is 13.2 Å². The quantitative estimate of drug-likeness (QED) is 0.884. The summed E-state index contributed by atoms with van der Waals surface area (Å²) in [4.78, 5) is 15.3. The fourth-order valence-electron chi connectivity index (χ4n) is 1.55. The fourth-order valence-corrected chi connectivity index (χ4v) is 2.62. The Hall–Kier alpha value is -1.70. The predicted octanol–water partition coefficient (Wildman–Crippen LogP) is 3.31. The molecule has 0 aliphatic rings. The van der Waals surface area contributed by atoms with E-state index in [1.165, 1.54) is 30.6 Å². The van der Waals surface area contributed by atoms with E-state index in [4.69, 9.17) is 5.11 Å². The molecule has 0 aromatic carbocycles. The molecule has 8 heteroatoms. The van der Waals surface area contributed by atoms with Gasteiger partial charge in [0.15, 0.2) is 0 Å². The molecular weight excluding hydrogens is 293 g/mol. The molecule has 4 nitrogen and oxygen atoms in total. The second kappa shape index (κ2) is 4.69. The second-order valence-electron chi connectivity index (χ2n) is 4.67. The molecule has 0 aliphatic carbocycles. The van der Waals surface area contributed by atoms with Crippen molar-refractivity contribution in [3.8, 4) is 0 Å². The first-order valence-corrected chi connectivity index (χ1v) is 6.39. The average molecular weight is 304 g/mol. The highest BCUT2D eigenvalue weighted by Gasteiger charge is 2.34. The Bertz CT molecular complexity index is 664. The van der Waals surface area contributed by atoms with Crippen molar-refractivity contribution in [1.82, 2.24) is 9.38 Å². The van der Waals surface area contributed by atoms with Crippen LogP contribution in [0.15, 0.2) is 29.6 Å². The average Bonchev–Trinajstić information content (AvgIpc) is 2.75. The van der Waals surface area contributed by atoms with Crippen molar-refractivity contribution < 1.29 is 23.1 Å². The van der Waals surface area contributed by atoms with Crippen LogP contribution >= 0.6 is 11.8 Å². The summed E-state index contributed by atoms with van der Waals surface area (Å²) in [6.45, 7) is 2.86. The van der Waals surface area contributed by atoms with Crippen LogP contribution in [0.1, 0.15) is 19.4 Å². The van der Waals surface area contributed by atoms with Crippen LogP contribution in [0.2, 0.25) is 0 Å². The number of pyridine rings is 1. The largest absolute Gasteiger partial charge is 0.480 e. The lowest BCUT2D eigenvalue weighted by Gasteiger charge is -2.19. The van der Waals surface area contributed by atoms with Gasteiger partial charge in [-0.1, -0.05) is 0 Å². The van der Waals surface area contributed by atoms with Gasteiger partial charge in [0.05, 0.1) is 10.5 Å². The van der Waals surface area contributed by atoms with Crippen molar-refractivity contribution in [2.75, 3.05) is 0 Å². The maximum absolute atomic E-state index is 12.8. The molecule has 2 aromatic heterocycles. The van der Waals surface area contributed by atoms with Crippen molar-refractivity contribution >= 4 is 23.4 Å². The van der Waals surface area contributed by atoms with Gasteiger partial charge < -0.3 is 9.51 Å². The minimum atomic E-state index is -4.50. The number of rotatable bonds is 3. The van der Waals surface area contributed by atoms with Gasteiger partial charge in [0.2, 0.25) is 0 Å². The van der Waals surface area contributed by atoms with Crippen LogP contribution in [0.25, 0.3) is 5.65 Å². The number of aliphatic carboxylic acids is 1. The van der Waals surface area contributed by atoms with Crippen LogP contribution in [0.5, 0.6) is 0 Å². The van der Waals surface area contributed by atoms with Gasteiger partial charge in [0.25, 0.3) is 0 Å². The molecule has 0 saturated carbocycles. The molecule has 2 aromatic rings. The van der Waals surface area contributed by atoms with Gasteiger partial charge in [-0.05, 0) is 19.9 Å². The first kappa shape index (κ1) is 14.7. The molecule has 2 heterocycles. The normalized spacial score (nSPS) is 12.8. The molecule has 0 bridgehead atoms. The summed E-state index contributed by atoms with van der Waals surface area (Å²) >= 11 is 0.836. The van der Waals surface area contributed by atoms with E-state index in [9.17, 15) is 18.0 Å². The third kappa shape index (κ3) is 2.74. The summed E-state index contributed by atoms with van der Waals surface area (Å²) in [7, 11) is 0. The van der Waals surface area contributed by atoms with E-state index in [0.717, 1.165) is 24.0 Å². The maximum Gasteiger partial charge on any atom is 0.417 e. The van der Waals surface area contributed by atoms with Crippen LogP contribution < -0.4 is 0 Å². The molecule has 2 rings (SSSR count). The lowest BCUT2D eigenvalue weighted by Crippen LogP contribution is -2.27. The van der Waals surface area contributed by atoms with E-state index < -0.39 is 22.5 Å². The van der Waals surface area contributed by atoms with Crippen molar-refractivity contribution in [3.63, 3.8) is 0 Å². The van der Waals surface area contributed by atoms with Gasteiger partial charge in [-0.15, -0.1) is 11.8 Å². The number of hydrogen-bond donors (Lipinski definition) is 1. The van der Waals surface area contributed by atoms with E-state index >= 15 is 0 Å². The van der Waals surface area contributed by atoms with Crippen molar-refractivity contribution in [2.24, 2.45) is 0 Å². The summed E-state index contributed by atoms with van der Waals surface area (Å²) in [6.07, 6.45) is -0.809. The van der Waals surface area contributed by atoms with Crippen LogP contribution in [0, 0.1) is 0 Å². The van der Waals surface area contributed by atoms with Gasteiger partial charge in [0.1, 0.15) is 10.4 Å². The molecule has 0 atom stereocenters. The molecule has 1 N–H and O–H groups in total. The SMILES string of the molecule is CC(C)(Sc1cc(C(F)(F)F)cn2ccnc12)C(=O)O. The monoisotopic (exact) mass is 304 g/mol. The third-order valence-corrected chi connectivity index (χ3v) is 3.87. The number of carboxylic acid groups (broad SMARTS) is 1. The molecule has 20 heavy (non-hydrogen) atoms. The zero-order valence-corrected chi connectivity index (χ0v) is 11.4. The second-order valence-corrected chi connectivity index (χ2v) is 6.33. The topological polar surface area (TPSA) is 54.6 Å². The van der Waals surface area contributed by atoms with Gasteiger partial charge in [0, 0.05) is 18.6 Å². The number of aromatic nitrogens is 2. The number of fused-ring (bicyclic) bond motifs is 1. The highest BCUT2D eigenvalue weighted by Crippen LogP contribution is 2.38. The summed E-state index contributed by atoms with van der Waals surface area (Å²) < 4.78 is 38.5. The number of nitrogens with zero attached hydrogens (tertiary/aromatic N) is 2. The standard InChI is InChI=1S/C12H11F3N2O2S/c1-11(2,10(18)19)20-8-5-7(12(13,14)15)6-17-4-3-16-9(8)17/h3-6H,1-2H3,(H,18,19). The van der Waals surface area contributed by atoms with Crippen molar-refractivity contribution in [2.45, 2.75) is 29.7 Å². The van der Waals surface area contributed by atoms with E-state index in [0.29, 0.717) is 5.65 Å². The minimum absolute atomic E-state index is 0.178. The molecule has 0 fully saturated rings. The fraction of sp³-hybridized carbons (Fsp3) is 0.333. The molecular formula is C12H11F3N2O2S. The zero-order chi connectivity index (χ0) is 15.1. The highest BCUT2D eigenvalue weighted by atomic mass is 32.2. The molecule has 0 unspecified atom stereocenters. The first-order valence-electron chi connectivity index (χ1n) is 5.57. The Morgan fingerprint density at radius 2 is 2.05 bits per heavy atom. The van der Waals surface area contributed by atoms with Gasteiger partial charge in [-0.3, -0.25) is 4.79 Å². The number of carboxylic acids is 1. The van der Waals surface area contributed by atoms with E-state index in [-0.39, 0.29) is 4.90 Å². The smallest absolute Gasteiger partial charge is 0.417 e. The summed E-state index contributed by atoms with van der Waals surface area (Å²) in [5.41, 5.74) is -0.538. The molecule has 0 aliphatic heterocycles. The van der Waals surface area contributed by atoms with E-state index in [1.807, 2.05) is 0 Å². The number of thioether (sulfide) groups is 1. The first-order chi connectivity index (χ1) is 9.11. The lowest BCUT2D eigenvalue weighted by atomic mass is 10.2. The van der Waals surface area contributed by atoms with Crippen molar-refractivity contribution in [3.05, 3.63) is 30.2 Å². The number of imidazole rings is 1. The molecule has 0 saturated heterocycles. The lowest BCUT2D eigenvalue weighted by molar-refractivity contribution is -0.139. The Kier molecular flexibility index (Phi) is 3.45. The minimum Gasteiger partial charge on any atom is -0.480 e. The Balaban J connectivity index is 2.56. The van der Waals surface area contributed by atoms with E-state index in [1.54, 1.807) is 0 Å². The number of carbonyl (C=O) groups is 1. The third-order valence-electron chi connectivity index (χ3n) is 2.66. The highest BCUT2D eigenvalue weighted by molar-refractivity contribution is 8.01. The van der Waals surface area contributed by atoms with Crippen LogP contribution in [-0.4, -0.2) is 25.2 Å². The van der Waals surface area contributed by atoms with Crippen LogP contribution in [-0.2, 0) is 11.0 Å². The predicted molar refractivity (Wildman–Crippen MR) is 67.8 cm³/mol. The molecule has 0 spiro atoms. The van der Waals surface area contributed by atoms with Crippen LogP contribution in [0.4, 0.5) is 13.2 Å². The molecule has 0 radical (unpaired) electrons. The zero-order valence-electron chi connectivity index (χ0n) is 10.6. The van der Waals surface area contributed by atoms with Crippen molar-refractivity contribution in [1.29, 1.82) is 0 Å². The van der Waals surface area contributed by atoms with Crippen LogP contribution in [0.3, 0.4) is 0 Å². The van der Waals surface area contributed by atoms with Gasteiger partial charge >= 0.3 is 12.1 Å². The Morgan fingerprint density at radius 3 is 2.60 bits per heavy atom.